The molecule has 5 heteroatoms. The monoisotopic (exact) mass is 278 g/mol. The molecule has 1 aliphatic heterocycles. The highest BCUT2D eigenvalue weighted by Crippen LogP contribution is 2.18. The van der Waals surface area contributed by atoms with Gasteiger partial charge in [-0.3, -0.25) is 4.79 Å². The van der Waals surface area contributed by atoms with E-state index in [1.165, 1.54) is 0 Å². The Morgan fingerprint density at radius 1 is 1.56 bits per heavy atom. The minimum Gasteiger partial charge on any atom is -0.384 e. The fourth-order valence-electron chi connectivity index (χ4n) is 2.35. The Kier molecular flexibility index (Phi) is 8.57. The van der Waals surface area contributed by atoms with Crippen molar-refractivity contribution < 1.29 is 9.53 Å². The van der Waals surface area contributed by atoms with Crippen LogP contribution < -0.4 is 5.73 Å². The van der Waals surface area contributed by atoms with Crippen molar-refractivity contribution in [1.29, 1.82) is 0 Å². The normalized spacial score (nSPS) is 23.1. The Hall–Kier alpha value is -0.320. The van der Waals surface area contributed by atoms with E-state index in [-0.39, 0.29) is 30.3 Å². The molecule has 4 nitrogen and oxygen atoms in total. The largest absolute Gasteiger partial charge is 0.384 e. The van der Waals surface area contributed by atoms with Gasteiger partial charge in [-0.15, -0.1) is 12.4 Å². The van der Waals surface area contributed by atoms with E-state index < -0.39 is 0 Å². The van der Waals surface area contributed by atoms with E-state index in [1.54, 1.807) is 7.11 Å². The fourth-order valence-corrected chi connectivity index (χ4v) is 2.35. The van der Waals surface area contributed by atoms with Crippen LogP contribution in [-0.2, 0) is 9.53 Å². The summed E-state index contributed by atoms with van der Waals surface area (Å²) in [7, 11) is 1.71. The molecule has 0 aliphatic carbocycles. The minimum absolute atomic E-state index is 0. The molecule has 2 N–H and O–H groups in total. The first-order chi connectivity index (χ1) is 8.10. The SMILES string of the molecule is CCC(C)C(N)C(=O)N1CCCC(COC)C1.Cl. The number of likely N-dealkylation sites (tertiary alicyclic amines) is 1. The van der Waals surface area contributed by atoms with E-state index in [0.29, 0.717) is 5.92 Å². The van der Waals surface area contributed by atoms with E-state index in [1.807, 2.05) is 11.8 Å². The van der Waals surface area contributed by atoms with Gasteiger partial charge in [0.2, 0.25) is 5.91 Å². The highest BCUT2D eigenvalue weighted by atomic mass is 35.5. The lowest BCUT2D eigenvalue weighted by Gasteiger charge is -2.35. The van der Waals surface area contributed by atoms with E-state index >= 15 is 0 Å². The van der Waals surface area contributed by atoms with Gasteiger partial charge in [-0.1, -0.05) is 20.3 Å². The number of rotatable bonds is 5. The summed E-state index contributed by atoms with van der Waals surface area (Å²) in [6, 6.07) is -0.346. The number of halogens is 1. The second kappa shape index (κ2) is 8.73. The van der Waals surface area contributed by atoms with Crippen molar-refractivity contribution in [3.63, 3.8) is 0 Å². The van der Waals surface area contributed by atoms with Gasteiger partial charge in [-0.05, 0) is 24.7 Å². The number of amides is 1. The molecule has 0 bridgehead atoms. The third kappa shape index (κ3) is 4.75. The first-order valence-corrected chi connectivity index (χ1v) is 6.63. The third-order valence-corrected chi connectivity index (χ3v) is 3.78. The summed E-state index contributed by atoms with van der Waals surface area (Å²) in [5.74, 6) is 0.840. The van der Waals surface area contributed by atoms with Crippen LogP contribution in [0.4, 0.5) is 0 Å². The van der Waals surface area contributed by atoms with E-state index in [4.69, 9.17) is 10.5 Å². The van der Waals surface area contributed by atoms with Gasteiger partial charge in [0, 0.05) is 20.2 Å². The van der Waals surface area contributed by atoms with Crippen molar-refractivity contribution in [2.24, 2.45) is 17.6 Å². The average molecular weight is 279 g/mol. The second-order valence-corrected chi connectivity index (χ2v) is 5.16. The quantitative estimate of drug-likeness (QED) is 0.832. The number of hydrogen-bond acceptors (Lipinski definition) is 3. The first-order valence-electron chi connectivity index (χ1n) is 6.63. The number of piperidine rings is 1. The molecule has 1 rings (SSSR count). The second-order valence-electron chi connectivity index (χ2n) is 5.16. The Balaban J connectivity index is 0.00000289. The summed E-state index contributed by atoms with van der Waals surface area (Å²) in [6.45, 7) is 6.50. The lowest BCUT2D eigenvalue weighted by molar-refractivity contribution is -0.136. The number of hydrogen-bond donors (Lipinski definition) is 1. The zero-order valence-corrected chi connectivity index (χ0v) is 12.5. The Labute approximate surface area is 117 Å². The predicted molar refractivity (Wildman–Crippen MR) is 75.9 cm³/mol. The predicted octanol–water partition coefficient (Wildman–Crippen LogP) is 1.67. The van der Waals surface area contributed by atoms with Crippen molar-refractivity contribution in [2.75, 3.05) is 26.8 Å². The smallest absolute Gasteiger partial charge is 0.239 e. The van der Waals surface area contributed by atoms with Gasteiger partial charge in [0.05, 0.1) is 12.6 Å². The molecule has 18 heavy (non-hydrogen) atoms. The van der Waals surface area contributed by atoms with Crippen LogP contribution in [0.5, 0.6) is 0 Å². The number of ether oxygens (including phenoxy) is 1. The first kappa shape index (κ1) is 17.7. The summed E-state index contributed by atoms with van der Waals surface area (Å²) < 4.78 is 5.17. The summed E-state index contributed by atoms with van der Waals surface area (Å²) >= 11 is 0. The van der Waals surface area contributed by atoms with Crippen LogP contribution >= 0.6 is 12.4 Å². The molecule has 0 spiro atoms. The van der Waals surface area contributed by atoms with Crippen LogP contribution in [0.1, 0.15) is 33.1 Å². The standard InChI is InChI=1S/C13H26N2O2.ClH/c1-4-10(2)12(14)13(16)15-7-5-6-11(8-15)9-17-3;/h10-12H,4-9,14H2,1-3H3;1H. The molecule has 0 saturated carbocycles. The molecule has 1 fully saturated rings. The molecule has 0 aromatic heterocycles. The van der Waals surface area contributed by atoms with Crippen LogP contribution in [0, 0.1) is 11.8 Å². The molecule has 1 aliphatic rings. The zero-order chi connectivity index (χ0) is 12.8. The van der Waals surface area contributed by atoms with Crippen LogP contribution in [0.25, 0.3) is 0 Å². The van der Waals surface area contributed by atoms with Gasteiger partial charge in [0.15, 0.2) is 0 Å². The van der Waals surface area contributed by atoms with Crippen molar-refractivity contribution in [3.8, 4) is 0 Å². The maximum Gasteiger partial charge on any atom is 0.239 e. The van der Waals surface area contributed by atoms with Crippen molar-refractivity contribution in [3.05, 3.63) is 0 Å². The van der Waals surface area contributed by atoms with Gasteiger partial charge in [0.25, 0.3) is 0 Å². The van der Waals surface area contributed by atoms with Gasteiger partial charge in [0.1, 0.15) is 0 Å². The van der Waals surface area contributed by atoms with Crippen molar-refractivity contribution in [2.45, 2.75) is 39.2 Å². The number of nitrogens with two attached hydrogens (primary N) is 1. The summed E-state index contributed by atoms with van der Waals surface area (Å²) in [5.41, 5.74) is 6.00. The van der Waals surface area contributed by atoms with E-state index in [0.717, 1.165) is 39.0 Å². The highest BCUT2D eigenvalue weighted by Gasteiger charge is 2.29. The molecule has 0 radical (unpaired) electrons. The lowest BCUT2D eigenvalue weighted by atomic mass is 9.95. The Morgan fingerprint density at radius 3 is 2.78 bits per heavy atom. The number of methoxy groups -OCH3 is 1. The van der Waals surface area contributed by atoms with Crippen LogP contribution in [0.3, 0.4) is 0 Å². The Morgan fingerprint density at radius 2 is 2.22 bits per heavy atom. The number of carbonyl (C=O) groups excluding carboxylic acids is 1. The minimum atomic E-state index is -0.346. The Bertz CT molecular complexity index is 249. The van der Waals surface area contributed by atoms with Crippen molar-refractivity contribution >= 4 is 18.3 Å². The van der Waals surface area contributed by atoms with Crippen molar-refractivity contribution in [1.82, 2.24) is 4.90 Å². The van der Waals surface area contributed by atoms with Crippen LogP contribution in [0.2, 0.25) is 0 Å². The lowest BCUT2D eigenvalue weighted by Crippen LogP contribution is -2.50. The molecule has 0 aromatic rings. The van der Waals surface area contributed by atoms with E-state index in [9.17, 15) is 4.79 Å². The number of carbonyl (C=O) groups is 1. The maximum atomic E-state index is 12.2. The maximum absolute atomic E-state index is 12.2. The van der Waals surface area contributed by atoms with Crippen LogP contribution in [0.15, 0.2) is 0 Å². The van der Waals surface area contributed by atoms with Crippen LogP contribution in [-0.4, -0.2) is 43.7 Å². The molecule has 3 atom stereocenters. The van der Waals surface area contributed by atoms with Gasteiger partial charge in [-0.25, -0.2) is 0 Å². The highest BCUT2D eigenvalue weighted by molar-refractivity contribution is 5.85. The molecule has 3 unspecified atom stereocenters. The molecular formula is C13H27ClN2O2. The molecule has 1 amide bonds. The molecule has 0 aromatic carbocycles. The van der Waals surface area contributed by atoms with Gasteiger partial charge in [-0.2, -0.15) is 0 Å². The van der Waals surface area contributed by atoms with Gasteiger partial charge < -0.3 is 15.4 Å². The molecular weight excluding hydrogens is 252 g/mol. The molecule has 1 saturated heterocycles. The zero-order valence-electron chi connectivity index (χ0n) is 11.7. The van der Waals surface area contributed by atoms with Gasteiger partial charge >= 0.3 is 0 Å². The topological polar surface area (TPSA) is 55.6 Å². The summed E-state index contributed by atoms with van der Waals surface area (Å²) in [5, 5.41) is 0. The molecule has 108 valence electrons. The number of nitrogens with zero attached hydrogens (tertiary/aromatic N) is 1. The van der Waals surface area contributed by atoms with E-state index in [2.05, 4.69) is 6.92 Å². The summed E-state index contributed by atoms with van der Waals surface area (Å²) in [6.07, 6.45) is 3.16. The summed E-state index contributed by atoms with van der Waals surface area (Å²) in [4.78, 5) is 14.1. The third-order valence-electron chi connectivity index (χ3n) is 3.78. The molecule has 1 heterocycles. The fraction of sp³-hybridized carbons (Fsp3) is 0.923. The average Bonchev–Trinajstić information content (AvgIpc) is 2.36.